The lowest BCUT2D eigenvalue weighted by molar-refractivity contribution is 0.301. The number of aryl methyl sites for hydroxylation is 2. The van der Waals surface area contributed by atoms with Crippen molar-refractivity contribution in [3.63, 3.8) is 0 Å². The van der Waals surface area contributed by atoms with Crippen LogP contribution in [0.2, 0.25) is 0 Å². The zero-order chi connectivity index (χ0) is 11.4. The van der Waals surface area contributed by atoms with Gasteiger partial charge in [0, 0.05) is 12.4 Å². The first-order valence-corrected chi connectivity index (χ1v) is 6.20. The number of hydrogen-bond donors (Lipinski definition) is 0. The van der Waals surface area contributed by atoms with Crippen molar-refractivity contribution in [3.05, 3.63) is 28.5 Å². The Kier molecular flexibility index (Phi) is 3.56. The van der Waals surface area contributed by atoms with E-state index in [1.807, 2.05) is 13.2 Å². The lowest BCUT2D eigenvalue weighted by atomic mass is 10.3. The molecule has 2 aromatic rings. The predicted octanol–water partition coefficient (Wildman–Crippen LogP) is 2.41. The molecule has 0 saturated heterocycles. The highest BCUT2D eigenvalue weighted by atomic mass is 32.1. The van der Waals surface area contributed by atoms with Crippen molar-refractivity contribution in [2.75, 3.05) is 0 Å². The third-order valence-electron chi connectivity index (χ3n) is 2.13. The molecular formula is C11H15N3OS. The summed E-state index contributed by atoms with van der Waals surface area (Å²) in [5.74, 6) is 0.785. The maximum Gasteiger partial charge on any atom is 0.157 e. The molecule has 0 radical (unpaired) electrons. The van der Waals surface area contributed by atoms with Gasteiger partial charge in [0.2, 0.25) is 0 Å². The molecule has 4 nitrogen and oxygen atoms in total. The maximum absolute atomic E-state index is 5.57. The Morgan fingerprint density at radius 1 is 1.50 bits per heavy atom. The molecule has 5 heteroatoms. The molecule has 0 spiro atoms. The van der Waals surface area contributed by atoms with Gasteiger partial charge >= 0.3 is 0 Å². The van der Waals surface area contributed by atoms with E-state index in [0.29, 0.717) is 6.61 Å². The summed E-state index contributed by atoms with van der Waals surface area (Å²) in [6.45, 7) is 2.68. The zero-order valence-corrected chi connectivity index (χ0v) is 10.3. The van der Waals surface area contributed by atoms with Crippen LogP contribution in [0.4, 0.5) is 0 Å². The van der Waals surface area contributed by atoms with Crippen molar-refractivity contribution in [3.8, 4) is 5.75 Å². The Bertz CT molecular complexity index is 450. The van der Waals surface area contributed by atoms with Crippen LogP contribution in [-0.2, 0) is 20.1 Å². The second-order valence-corrected chi connectivity index (χ2v) is 4.56. The van der Waals surface area contributed by atoms with Gasteiger partial charge in [0.05, 0.1) is 23.1 Å². The zero-order valence-electron chi connectivity index (χ0n) is 9.51. The summed E-state index contributed by atoms with van der Waals surface area (Å²) in [5.41, 5.74) is 0.998. The molecule has 0 aliphatic heterocycles. The van der Waals surface area contributed by atoms with Crippen LogP contribution in [0.15, 0.2) is 17.8 Å². The third-order valence-corrected chi connectivity index (χ3v) is 3.09. The van der Waals surface area contributed by atoms with Crippen molar-refractivity contribution < 1.29 is 4.74 Å². The van der Waals surface area contributed by atoms with Gasteiger partial charge in [0.25, 0.3) is 0 Å². The number of ether oxygens (including phenoxy) is 1. The average molecular weight is 237 g/mol. The van der Waals surface area contributed by atoms with Gasteiger partial charge in [-0.2, -0.15) is 5.10 Å². The number of nitrogens with zero attached hydrogens (tertiary/aromatic N) is 3. The summed E-state index contributed by atoms with van der Waals surface area (Å²) in [7, 11) is 1.87. The summed E-state index contributed by atoms with van der Waals surface area (Å²) < 4.78 is 7.29. The molecule has 0 aliphatic carbocycles. The van der Waals surface area contributed by atoms with Crippen molar-refractivity contribution in [2.45, 2.75) is 26.4 Å². The molecule has 2 heterocycles. The summed E-state index contributed by atoms with van der Waals surface area (Å²) in [4.78, 5) is 4.49. The Morgan fingerprint density at radius 2 is 2.38 bits per heavy atom. The second kappa shape index (κ2) is 5.12. The highest BCUT2D eigenvalue weighted by molar-refractivity contribution is 7.09. The van der Waals surface area contributed by atoms with Crippen molar-refractivity contribution in [1.82, 2.24) is 14.8 Å². The fourth-order valence-corrected chi connectivity index (χ4v) is 2.26. The molecule has 0 amide bonds. The summed E-state index contributed by atoms with van der Waals surface area (Å²) in [6, 6.07) is 0. The first-order chi connectivity index (χ1) is 7.78. The molecule has 86 valence electrons. The Labute approximate surface area is 98.9 Å². The monoisotopic (exact) mass is 237 g/mol. The first kappa shape index (κ1) is 11.1. The molecule has 0 aliphatic rings. The molecule has 2 rings (SSSR count). The summed E-state index contributed by atoms with van der Waals surface area (Å²) >= 11 is 1.70. The van der Waals surface area contributed by atoms with E-state index in [9.17, 15) is 0 Å². The molecule has 2 aromatic heterocycles. The van der Waals surface area contributed by atoms with Crippen molar-refractivity contribution in [1.29, 1.82) is 0 Å². The Balaban J connectivity index is 1.89. The third kappa shape index (κ3) is 2.82. The molecular weight excluding hydrogens is 222 g/mol. The maximum atomic E-state index is 5.57. The first-order valence-electron chi connectivity index (χ1n) is 5.32. The molecule has 0 saturated carbocycles. The minimum absolute atomic E-state index is 0.520. The topological polar surface area (TPSA) is 39.9 Å². The second-order valence-electron chi connectivity index (χ2n) is 3.62. The van der Waals surface area contributed by atoms with Gasteiger partial charge in [-0.05, 0) is 12.8 Å². The van der Waals surface area contributed by atoms with Gasteiger partial charge in [0.1, 0.15) is 6.61 Å². The highest BCUT2D eigenvalue weighted by Crippen LogP contribution is 2.14. The quantitative estimate of drug-likeness (QED) is 0.801. The molecule has 0 unspecified atom stereocenters. The van der Waals surface area contributed by atoms with E-state index >= 15 is 0 Å². The predicted molar refractivity (Wildman–Crippen MR) is 63.6 cm³/mol. The smallest absolute Gasteiger partial charge is 0.157 e. The van der Waals surface area contributed by atoms with E-state index in [-0.39, 0.29) is 0 Å². The number of hydrogen-bond acceptors (Lipinski definition) is 4. The summed E-state index contributed by atoms with van der Waals surface area (Å²) in [6.07, 6.45) is 5.74. The largest absolute Gasteiger partial charge is 0.484 e. The van der Waals surface area contributed by atoms with E-state index in [1.54, 1.807) is 22.2 Å². The van der Waals surface area contributed by atoms with E-state index in [4.69, 9.17) is 4.74 Å². The molecule has 0 bridgehead atoms. The fraction of sp³-hybridized carbons (Fsp3) is 0.455. The molecule has 0 fully saturated rings. The van der Waals surface area contributed by atoms with Gasteiger partial charge in [-0.25, -0.2) is 4.98 Å². The Morgan fingerprint density at radius 3 is 3.06 bits per heavy atom. The van der Waals surface area contributed by atoms with Crippen LogP contribution in [0.1, 0.15) is 24.0 Å². The van der Waals surface area contributed by atoms with Crippen LogP contribution in [-0.4, -0.2) is 14.8 Å². The molecule has 0 aromatic carbocycles. The lowest BCUT2D eigenvalue weighted by Gasteiger charge is -1.99. The van der Waals surface area contributed by atoms with E-state index in [0.717, 1.165) is 24.3 Å². The van der Waals surface area contributed by atoms with Gasteiger partial charge in [-0.1, -0.05) is 6.92 Å². The van der Waals surface area contributed by atoms with Crippen LogP contribution in [0.5, 0.6) is 5.75 Å². The van der Waals surface area contributed by atoms with Crippen LogP contribution in [0.3, 0.4) is 0 Å². The molecule has 0 atom stereocenters. The fourth-order valence-electron chi connectivity index (χ4n) is 1.37. The number of rotatable bonds is 5. The standard InChI is InChI=1S/C11H15N3OS/c1-3-4-11-13-9(8-16-11)7-15-10-5-12-14(2)6-10/h5-6,8H,3-4,7H2,1-2H3. The number of aromatic nitrogens is 3. The van der Waals surface area contributed by atoms with Crippen LogP contribution >= 0.6 is 11.3 Å². The van der Waals surface area contributed by atoms with Crippen LogP contribution in [0.25, 0.3) is 0 Å². The van der Waals surface area contributed by atoms with E-state index < -0.39 is 0 Å². The van der Waals surface area contributed by atoms with E-state index in [1.165, 1.54) is 5.01 Å². The van der Waals surface area contributed by atoms with Gasteiger partial charge in [-0.15, -0.1) is 11.3 Å². The minimum atomic E-state index is 0.520. The van der Waals surface area contributed by atoms with Gasteiger partial charge < -0.3 is 4.74 Å². The van der Waals surface area contributed by atoms with Crippen LogP contribution < -0.4 is 4.74 Å². The normalized spacial score (nSPS) is 10.6. The van der Waals surface area contributed by atoms with E-state index in [2.05, 4.69) is 22.4 Å². The van der Waals surface area contributed by atoms with Crippen molar-refractivity contribution in [2.24, 2.45) is 7.05 Å². The SMILES string of the molecule is CCCc1nc(COc2cnn(C)c2)cs1. The van der Waals surface area contributed by atoms with Crippen LogP contribution in [0, 0.1) is 0 Å². The van der Waals surface area contributed by atoms with Crippen molar-refractivity contribution >= 4 is 11.3 Å². The van der Waals surface area contributed by atoms with Gasteiger partial charge in [-0.3, -0.25) is 4.68 Å². The number of thiazole rings is 1. The molecule has 16 heavy (non-hydrogen) atoms. The lowest BCUT2D eigenvalue weighted by Crippen LogP contribution is -1.95. The summed E-state index contributed by atoms with van der Waals surface area (Å²) in [5, 5.41) is 7.28. The Hall–Kier alpha value is -1.36. The minimum Gasteiger partial charge on any atom is -0.484 e. The van der Waals surface area contributed by atoms with Gasteiger partial charge in [0.15, 0.2) is 5.75 Å². The highest BCUT2D eigenvalue weighted by Gasteiger charge is 2.03. The molecule has 0 N–H and O–H groups in total. The average Bonchev–Trinajstić information content (AvgIpc) is 2.85.